The predicted octanol–water partition coefficient (Wildman–Crippen LogP) is 11.8. The minimum Gasteiger partial charge on any atom is -0.206 e. The maximum atomic E-state index is 15.5. The summed E-state index contributed by atoms with van der Waals surface area (Å²) in [5.74, 6) is -5.72. The molecule has 0 aromatic heterocycles. The highest BCUT2D eigenvalue weighted by Gasteiger charge is 2.19. The van der Waals surface area contributed by atoms with Gasteiger partial charge in [-0.15, -0.1) is 0 Å². The molecule has 6 rings (SSSR count). The minimum absolute atomic E-state index is 0.0346. The van der Waals surface area contributed by atoms with Gasteiger partial charge in [-0.3, -0.25) is 0 Å². The smallest absolute Gasteiger partial charge is 0.194 e. The van der Waals surface area contributed by atoms with Crippen LogP contribution in [0.25, 0.3) is 44.2 Å². The average Bonchev–Trinajstić information content (AvgIpc) is 3.04. The SMILES string of the molecule is CCCc1ccc(-c2cc(F)c3c(F)c(C#Cc4cc(F)c(-c5ccc(-c6cc(F)c(F)c(F)c6)c(F)c5)cc4C)c(F)cc3c2)c(F)c1. The lowest BCUT2D eigenvalue weighted by molar-refractivity contribution is 0.447. The van der Waals surface area contributed by atoms with Crippen molar-refractivity contribution in [3.63, 3.8) is 0 Å². The fourth-order valence-corrected chi connectivity index (χ4v) is 5.71. The molecule has 0 N–H and O–H groups in total. The van der Waals surface area contributed by atoms with E-state index in [2.05, 4.69) is 11.8 Å². The van der Waals surface area contributed by atoms with Crippen LogP contribution in [0.1, 0.15) is 35.6 Å². The second-order valence-electron chi connectivity index (χ2n) is 11.5. The third kappa shape index (κ3) is 6.39. The van der Waals surface area contributed by atoms with Crippen molar-refractivity contribution in [1.82, 2.24) is 0 Å². The lowest BCUT2D eigenvalue weighted by Gasteiger charge is -2.11. The van der Waals surface area contributed by atoms with E-state index in [4.69, 9.17) is 0 Å². The van der Waals surface area contributed by atoms with Crippen molar-refractivity contribution in [2.75, 3.05) is 0 Å². The summed E-state index contributed by atoms with van der Waals surface area (Å²) in [5, 5.41) is -0.695. The zero-order chi connectivity index (χ0) is 35.1. The van der Waals surface area contributed by atoms with Crippen LogP contribution in [0.5, 0.6) is 0 Å². The Labute approximate surface area is 275 Å². The number of fused-ring (bicyclic) bond motifs is 1. The molecule has 9 heteroatoms. The molecule has 0 aliphatic heterocycles. The van der Waals surface area contributed by atoms with Crippen LogP contribution in [0.15, 0.2) is 78.9 Å². The van der Waals surface area contributed by atoms with E-state index in [9.17, 15) is 22.0 Å². The van der Waals surface area contributed by atoms with Gasteiger partial charge >= 0.3 is 0 Å². The van der Waals surface area contributed by atoms with Crippen LogP contribution in [0.2, 0.25) is 0 Å². The molecule has 246 valence electrons. The lowest BCUT2D eigenvalue weighted by Crippen LogP contribution is -1.97. The van der Waals surface area contributed by atoms with E-state index in [1.165, 1.54) is 37.3 Å². The number of halogens is 9. The fraction of sp³-hybridized carbons (Fsp3) is 0.100. The van der Waals surface area contributed by atoms with Gasteiger partial charge in [0.1, 0.15) is 29.1 Å². The van der Waals surface area contributed by atoms with E-state index in [0.29, 0.717) is 24.1 Å². The second-order valence-corrected chi connectivity index (χ2v) is 11.5. The summed E-state index contributed by atoms with van der Waals surface area (Å²) in [4.78, 5) is 0. The summed E-state index contributed by atoms with van der Waals surface area (Å²) < 4.78 is 132. The molecule has 0 fully saturated rings. The molecule has 0 atom stereocenters. The number of benzene rings is 6. The lowest BCUT2D eigenvalue weighted by atomic mass is 9.96. The highest BCUT2D eigenvalue weighted by atomic mass is 19.2. The average molecular weight is 675 g/mol. The summed E-state index contributed by atoms with van der Waals surface area (Å²) in [7, 11) is 0. The quantitative estimate of drug-likeness (QED) is 0.0970. The van der Waals surface area contributed by atoms with Crippen LogP contribution in [-0.2, 0) is 6.42 Å². The first kappa shape index (κ1) is 33.4. The molecule has 49 heavy (non-hydrogen) atoms. The molecular formula is C40H23F9. The maximum absolute atomic E-state index is 15.5. The maximum Gasteiger partial charge on any atom is 0.194 e. The van der Waals surface area contributed by atoms with E-state index in [0.717, 1.165) is 42.3 Å². The third-order valence-electron chi connectivity index (χ3n) is 8.18. The number of hydrogen-bond acceptors (Lipinski definition) is 0. The minimum atomic E-state index is -1.70. The summed E-state index contributed by atoms with van der Waals surface area (Å²) >= 11 is 0. The largest absolute Gasteiger partial charge is 0.206 e. The Balaban J connectivity index is 1.32. The van der Waals surface area contributed by atoms with Gasteiger partial charge < -0.3 is 0 Å². The van der Waals surface area contributed by atoms with Crippen molar-refractivity contribution >= 4 is 10.8 Å². The molecule has 0 aliphatic rings. The Kier molecular flexibility index (Phi) is 9.00. The van der Waals surface area contributed by atoms with E-state index < -0.39 is 63.3 Å². The predicted molar refractivity (Wildman–Crippen MR) is 171 cm³/mol. The third-order valence-corrected chi connectivity index (χ3v) is 8.18. The van der Waals surface area contributed by atoms with Gasteiger partial charge in [-0.1, -0.05) is 49.5 Å². The van der Waals surface area contributed by atoms with Crippen molar-refractivity contribution in [3.8, 4) is 45.2 Å². The highest BCUT2D eigenvalue weighted by Crippen LogP contribution is 2.34. The van der Waals surface area contributed by atoms with Crippen molar-refractivity contribution in [2.24, 2.45) is 0 Å². The van der Waals surface area contributed by atoms with Crippen LogP contribution in [0.4, 0.5) is 39.5 Å². The number of hydrogen-bond donors (Lipinski definition) is 0. The first-order valence-corrected chi connectivity index (χ1v) is 15.0. The number of aryl methyl sites for hydroxylation is 2. The van der Waals surface area contributed by atoms with Gasteiger partial charge in [-0.05, 0) is 101 Å². The standard InChI is InChI=1S/C40H23F9/c1-3-4-21-5-8-27(31(41)12-21)24-13-26-19-33(43)29(39(48)38(26)35(45)16-24)10-6-22-14-34(44)30(11-20(22)2)23-7-9-28(32(42)15-23)25-17-36(46)40(49)37(47)18-25/h5,7-9,11-19H,3-4H2,1-2H3. The van der Waals surface area contributed by atoms with Gasteiger partial charge in [0.15, 0.2) is 23.3 Å². The Morgan fingerprint density at radius 1 is 0.490 bits per heavy atom. The Morgan fingerprint density at radius 2 is 1.08 bits per heavy atom. The molecule has 0 nitrogen and oxygen atoms in total. The van der Waals surface area contributed by atoms with Crippen LogP contribution < -0.4 is 0 Å². The van der Waals surface area contributed by atoms with E-state index >= 15 is 17.6 Å². The van der Waals surface area contributed by atoms with Crippen LogP contribution in [-0.4, -0.2) is 0 Å². The normalized spacial score (nSPS) is 11.2. The Bertz CT molecular complexity index is 2340. The highest BCUT2D eigenvalue weighted by molar-refractivity contribution is 5.90. The summed E-state index contributed by atoms with van der Waals surface area (Å²) in [5.41, 5.74) is 0.0375. The Hall–Kier alpha value is -5.49. The van der Waals surface area contributed by atoms with Crippen LogP contribution >= 0.6 is 0 Å². The van der Waals surface area contributed by atoms with E-state index in [1.807, 2.05) is 6.92 Å². The molecule has 0 saturated carbocycles. The van der Waals surface area contributed by atoms with Crippen molar-refractivity contribution in [1.29, 1.82) is 0 Å². The van der Waals surface area contributed by atoms with E-state index in [-0.39, 0.29) is 44.3 Å². The van der Waals surface area contributed by atoms with Gasteiger partial charge in [0, 0.05) is 22.3 Å². The monoisotopic (exact) mass is 674 g/mol. The fourth-order valence-electron chi connectivity index (χ4n) is 5.71. The van der Waals surface area contributed by atoms with Gasteiger partial charge in [-0.2, -0.15) is 0 Å². The topological polar surface area (TPSA) is 0 Å². The summed E-state index contributed by atoms with van der Waals surface area (Å²) in [6.45, 7) is 3.48. The molecule has 6 aromatic carbocycles. The molecule has 0 amide bonds. The molecule has 0 unspecified atom stereocenters. The molecule has 0 spiro atoms. The zero-order valence-electron chi connectivity index (χ0n) is 25.8. The molecular weight excluding hydrogens is 651 g/mol. The van der Waals surface area contributed by atoms with E-state index in [1.54, 1.807) is 6.07 Å². The van der Waals surface area contributed by atoms with Crippen LogP contribution in [0, 0.1) is 71.1 Å². The first-order chi connectivity index (χ1) is 23.4. The molecule has 6 aromatic rings. The summed E-state index contributed by atoms with van der Waals surface area (Å²) in [6.07, 6.45) is 1.46. The molecule has 0 radical (unpaired) electrons. The molecule has 0 bridgehead atoms. The van der Waals surface area contributed by atoms with Gasteiger partial charge in [-0.25, -0.2) is 39.5 Å². The van der Waals surface area contributed by atoms with Crippen molar-refractivity contribution in [3.05, 3.63) is 153 Å². The number of rotatable bonds is 5. The van der Waals surface area contributed by atoms with Crippen LogP contribution in [0.3, 0.4) is 0 Å². The summed E-state index contributed by atoms with van der Waals surface area (Å²) in [6, 6.07) is 14.7. The molecule has 0 aliphatic carbocycles. The van der Waals surface area contributed by atoms with Gasteiger partial charge in [0.05, 0.1) is 10.9 Å². The van der Waals surface area contributed by atoms with Gasteiger partial charge in [0.2, 0.25) is 0 Å². The second kappa shape index (κ2) is 13.2. The molecule has 0 saturated heterocycles. The first-order valence-electron chi connectivity index (χ1n) is 15.0. The molecule has 0 heterocycles. The van der Waals surface area contributed by atoms with Crippen molar-refractivity contribution < 1.29 is 39.5 Å². The Morgan fingerprint density at radius 3 is 1.73 bits per heavy atom. The zero-order valence-corrected chi connectivity index (χ0v) is 25.8. The van der Waals surface area contributed by atoms with Crippen molar-refractivity contribution in [2.45, 2.75) is 26.7 Å². The van der Waals surface area contributed by atoms with Gasteiger partial charge in [0.25, 0.3) is 0 Å².